The number of aromatic nitrogens is 2. The van der Waals surface area contributed by atoms with Crippen LogP contribution in [0.4, 0.5) is 0 Å². The molecule has 3 heteroatoms. The van der Waals surface area contributed by atoms with Crippen LogP contribution in [0.2, 0.25) is 0 Å². The maximum Gasteiger partial charge on any atom is 0.0196 e. The summed E-state index contributed by atoms with van der Waals surface area (Å²) in [5.41, 5.74) is 7.63. The molecule has 0 aliphatic heterocycles. The van der Waals surface area contributed by atoms with E-state index < -0.39 is 0 Å². The Labute approximate surface area is 203 Å². The maximum atomic E-state index is 4.50. The van der Waals surface area contributed by atoms with Gasteiger partial charge in [-0.05, 0) is 41.1 Å². The van der Waals surface area contributed by atoms with Gasteiger partial charge >= 0.3 is 0 Å². The zero-order valence-electron chi connectivity index (χ0n) is 17.7. The Hall–Kier alpha value is -3.39. The van der Waals surface area contributed by atoms with Crippen LogP contribution in [0.15, 0.2) is 116 Å². The minimum atomic E-state index is 0. The summed E-state index contributed by atoms with van der Waals surface area (Å²) in [5.74, 6) is 0. The normalized spacial score (nSPS) is 9.78. The summed E-state index contributed by atoms with van der Waals surface area (Å²) in [4.78, 5) is 8.72. The van der Waals surface area contributed by atoms with Crippen molar-refractivity contribution in [3.63, 3.8) is 0 Å². The van der Waals surface area contributed by atoms with Crippen LogP contribution >= 0.6 is 0 Å². The summed E-state index contributed by atoms with van der Waals surface area (Å²) >= 11 is 0. The smallest absolute Gasteiger partial charge is 0.0196 e. The standard InChI is InChI=1S/C18H14N.C11H8N.Ir/c1-14-13-19-18(16-10-6-3-7-11-16)12-17(14)15-8-4-2-5-9-15;1-2-6-10(7-3-1)11-8-4-5-9-12-11;/h2-10,12-13H,1H3;1-6,8-9H;/q2*-1;. The molecule has 5 rings (SSSR count). The van der Waals surface area contributed by atoms with E-state index in [4.69, 9.17) is 0 Å². The van der Waals surface area contributed by atoms with Crippen molar-refractivity contribution in [2.45, 2.75) is 6.92 Å². The van der Waals surface area contributed by atoms with Crippen LogP contribution in [0.5, 0.6) is 0 Å². The Morgan fingerprint density at radius 1 is 0.625 bits per heavy atom. The van der Waals surface area contributed by atoms with Crippen LogP contribution < -0.4 is 0 Å². The first-order valence-electron chi connectivity index (χ1n) is 10.2. The summed E-state index contributed by atoms with van der Waals surface area (Å²) in [7, 11) is 0. The molecule has 0 aliphatic rings. The number of aryl methyl sites for hydroxylation is 1. The molecule has 0 unspecified atom stereocenters. The van der Waals surface area contributed by atoms with E-state index in [-0.39, 0.29) is 20.1 Å². The Kier molecular flexibility index (Phi) is 8.62. The first-order valence-corrected chi connectivity index (χ1v) is 10.2. The van der Waals surface area contributed by atoms with E-state index >= 15 is 0 Å². The number of hydrogen-bond acceptors (Lipinski definition) is 2. The maximum absolute atomic E-state index is 4.50. The van der Waals surface area contributed by atoms with E-state index in [1.165, 1.54) is 16.7 Å². The molecule has 0 atom stereocenters. The summed E-state index contributed by atoms with van der Waals surface area (Å²) in [6, 6.07) is 40.5. The molecule has 3 aromatic carbocycles. The first-order chi connectivity index (χ1) is 15.3. The van der Waals surface area contributed by atoms with Gasteiger partial charge in [0.2, 0.25) is 0 Å². The molecule has 0 aliphatic carbocycles. The summed E-state index contributed by atoms with van der Waals surface area (Å²) in [6.45, 7) is 2.09. The van der Waals surface area contributed by atoms with Crippen molar-refractivity contribution in [3.8, 4) is 33.6 Å². The Bertz CT molecular complexity index is 1170. The van der Waals surface area contributed by atoms with Crippen molar-refractivity contribution in [3.05, 3.63) is 133 Å². The second-order valence-corrected chi connectivity index (χ2v) is 7.02. The molecule has 0 fully saturated rings. The predicted octanol–water partition coefficient (Wildman–Crippen LogP) is 7.07. The molecule has 0 bridgehead atoms. The summed E-state index contributed by atoms with van der Waals surface area (Å²) in [5, 5.41) is 0. The number of nitrogens with zero attached hydrogens (tertiary/aromatic N) is 2. The third-order valence-electron chi connectivity index (χ3n) is 4.82. The van der Waals surface area contributed by atoms with E-state index in [0.29, 0.717) is 0 Å². The SMILES string of the molecule is Cc1cnc(-c2[c-]cccc2)cc1-c1ccccc1.[Ir].[c-]1ccccc1-c1ccccn1. The molecule has 0 saturated carbocycles. The van der Waals surface area contributed by atoms with Gasteiger partial charge in [-0.2, -0.15) is 0 Å². The quantitative estimate of drug-likeness (QED) is 0.210. The molecule has 2 aromatic heterocycles. The van der Waals surface area contributed by atoms with E-state index in [0.717, 1.165) is 22.5 Å². The van der Waals surface area contributed by atoms with E-state index in [1.807, 2.05) is 79.0 Å². The van der Waals surface area contributed by atoms with Crippen molar-refractivity contribution >= 4 is 0 Å². The molecule has 0 amide bonds. The summed E-state index contributed by atoms with van der Waals surface area (Å²) < 4.78 is 0. The summed E-state index contributed by atoms with van der Waals surface area (Å²) in [6.07, 6.45) is 3.72. The average molecular weight is 591 g/mol. The first kappa shape index (κ1) is 23.3. The van der Waals surface area contributed by atoms with Gasteiger partial charge in [-0.25, -0.2) is 0 Å². The topological polar surface area (TPSA) is 25.8 Å². The number of pyridine rings is 2. The minimum absolute atomic E-state index is 0. The predicted molar refractivity (Wildman–Crippen MR) is 127 cm³/mol. The van der Waals surface area contributed by atoms with Crippen LogP contribution in [0, 0.1) is 19.1 Å². The van der Waals surface area contributed by atoms with Gasteiger partial charge in [-0.15, -0.1) is 71.8 Å². The zero-order chi connectivity index (χ0) is 21.3. The molecule has 32 heavy (non-hydrogen) atoms. The van der Waals surface area contributed by atoms with Gasteiger partial charge < -0.3 is 9.97 Å². The fourth-order valence-corrected chi connectivity index (χ4v) is 3.23. The number of benzene rings is 3. The Balaban J connectivity index is 0.000000193. The monoisotopic (exact) mass is 591 g/mol. The van der Waals surface area contributed by atoms with Crippen molar-refractivity contribution in [2.24, 2.45) is 0 Å². The van der Waals surface area contributed by atoms with Crippen LogP contribution in [0.1, 0.15) is 5.56 Å². The van der Waals surface area contributed by atoms with Gasteiger partial charge in [0.1, 0.15) is 0 Å². The van der Waals surface area contributed by atoms with Gasteiger partial charge in [0, 0.05) is 32.5 Å². The third-order valence-corrected chi connectivity index (χ3v) is 4.82. The number of hydrogen-bond donors (Lipinski definition) is 0. The molecule has 0 spiro atoms. The van der Waals surface area contributed by atoms with Crippen molar-refractivity contribution in [1.29, 1.82) is 0 Å². The van der Waals surface area contributed by atoms with Gasteiger partial charge in [-0.1, -0.05) is 48.5 Å². The molecule has 2 heterocycles. The van der Waals surface area contributed by atoms with Crippen molar-refractivity contribution in [1.82, 2.24) is 9.97 Å². The fraction of sp³-hybridized carbons (Fsp3) is 0.0345. The average Bonchev–Trinajstić information content (AvgIpc) is 2.87. The van der Waals surface area contributed by atoms with Crippen molar-refractivity contribution < 1.29 is 20.1 Å². The van der Waals surface area contributed by atoms with Gasteiger partial charge in [0.25, 0.3) is 0 Å². The largest absolute Gasteiger partial charge is 0.305 e. The Morgan fingerprint density at radius 3 is 1.84 bits per heavy atom. The number of rotatable bonds is 3. The molecule has 5 aromatic rings. The third kappa shape index (κ3) is 6.07. The second kappa shape index (κ2) is 11.9. The van der Waals surface area contributed by atoms with Crippen LogP contribution in [0.3, 0.4) is 0 Å². The van der Waals surface area contributed by atoms with Crippen LogP contribution in [0.25, 0.3) is 33.6 Å². The molecule has 0 N–H and O–H groups in total. The van der Waals surface area contributed by atoms with E-state index in [2.05, 4.69) is 59.4 Å². The molecule has 1 radical (unpaired) electrons. The zero-order valence-corrected chi connectivity index (χ0v) is 20.1. The van der Waals surface area contributed by atoms with E-state index in [9.17, 15) is 0 Å². The van der Waals surface area contributed by atoms with Crippen LogP contribution in [-0.4, -0.2) is 9.97 Å². The fourth-order valence-electron chi connectivity index (χ4n) is 3.23. The molecule has 2 nitrogen and oxygen atoms in total. The van der Waals surface area contributed by atoms with Gasteiger partial charge in [0.05, 0.1) is 0 Å². The minimum Gasteiger partial charge on any atom is -0.305 e. The molecule has 0 saturated heterocycles. The molecular formula is C29H22IrN2-2. The van der Waals surface area contributed by atoms with Crippen molar-refractivity contribution in [2.75, 3.05) is 0 Å². The second-order valence-electron chi connectivity index (χ2n) is 7.02. The van der Waals surface area contributed by atoms with Gasteiger partial charge in [-0.3, -0.25) is 0 Å². The van der Waals surface area contributed by atoms with Gasteiger partial charge in [0.15, 0.2) is 0 Å². The Morgan fingerprint density at radius 2 is 1.25 bits per heavy atom. The molecule has 159 valence electrons. The molecular weight excluding hydrogens is 569 g/mol. The van der Waals surface area contributed by atoms with Crippen LogP contribution in [-0.2, 0) is 20.1 Å². The van der Waals surface area contributed by atoms with E-state index in [1.54, 1.807) is 6.20 Å².